The standard InChI is InChI=1S/C18H18N2O2S3/c1-23-13-6-2-7-14-16(13)19-18(25-14)20(11-12-5-3-9-22-12)17(21)15-8-4-10-24-15/h2,4,6-8,10,12H,3,5,9,11H2,1H3/t12-/m1/s1. The molecular formula is C18H18N2O2S3. The van der Waals surface area contributed by atoms with E-state index in [1.807, 2.05) is 23.6 Å². The minimum Gasteiger partial charge on any atom is -0.376 e. The quantitative estimate of drug-likeness (QED) is 0.581. The van der Waals surface area contributed by atoms with Crippen molar-refractivity contribution in [2.45, 2.75) is 23.8 Å². The number of ether oxygens (including phenoxy) is 1. The van der Waals surface area contributed by atoms with Gasteiger partial charge >= 0.3 is 0 Å². The molecule has 2 aromatic heterocycles. The summed E-state index contributed by atoms with van der Waals surface area (Å²) in [5.41, 5.74) is 0.978. The molecule has 3 aromatic rings. The van der Waals surface area contributed by atoms with E-state index in [1.54, 1.807) is 28.0 Å². The largest absolute Gasteiger partial charge is 0.376 e. The molecule has 1 atom stereocenters. The maximum absolute atomic E-state index is 13.1. The van der Waals surface area contributed by atoms with E-state index in [4.69, 9.17) is 9.72 Å². The van der Waals surface area contributed by atoms with Crippen LogP contribution in [0.2, 0.25) is 0 Å². The van der Waals surface area contributed by atoms with Gasteiger partial charge < -0.3 is 4.74 Å². The fraction of sp³-hybridized carbons (Fsp3) is 0.333. The van der Waals surface area contributed by atoms with Crippen molar-refractivity contribution in [3.8, 4) is 0 Å². The van der Waals surface area contributed by atoms with Crippen molar-refractivity contribution in [1.29, 1.82) is 0 Å². The van der Waals surface area contributed by atoms with E-state index >= 15 is 0 Å². The number of hydrogen-bond donors (Lipinski definition) is 0. The van der Waals surface area contributed by atoms with Crippen LogP contribution < -0.4 is 4.90 Å². The van der Waals surface area contributed by atoms with E-state index in [1.165, 1.54) is 11.3 Å². The predicted molar refractivity (Wildman–Crippen MR) is 106 cm³/mol. The number of para-hydroxylation sites is 1. The van der Waals surface area contributed by atoms with Crippen molar-refractivity contribution in [2.24, 2.45) is 0 Å². The number of benzene rings is 1. The average Bonchev–Trinajstić information content (AvgIpc) is 3.39. The van der Waals surface area contributed by atoms with Crippen molar-refractivity contribution >= 4 is 55.7 Å². The maximum Gasteiger partial charge on any atom is 0.270 e. The number of hydrogen-bond acceptors (Lipinski definition) is 6. The fourth-order valence-electron chi connectivity index (χ4n) is 2.96. The van der Waals surface area contributed by atoms with Gasteiger partial charge in [0, 0.05) is 11.5 Å². The Morgan fingerprint density at radius 3 is 3.04 bits per heavy atom. The number of amides is 1. The molecule has 1 aromatic carbocycles. The first-order valence-corrected chi connectivity index (χ1v) is 11.1. The van der Waals surface area contributed by atoms with Crippen LogP contribution in [-0.4, -0.2) is 36.4 Å². The van der Waals surface area contributed by atoms with Crippen LogP contribution in [0.1, 0.15) is 22.5 Å². The molecule has 0 N–H and O–H groups in total. The highest BCUT2D eigenvalue weighted by Crippen LogP contribution is 2.35. The van der Waals surface area contributed by atoms with Crippen molar-refractivity contribution in [1.82, 2.24) is 4.98 Å². The third-order valence-corrected chi connectivity index (χ3v) is 6.88. The summed E-state index contributed by atoms with van der Waals surface area (Å²) in [6.45, 7) is 1.34. The van der Waals surface area contributed by atoms with Crippen molar-refractivity contribution in [3.63, 3.8) is 0 Å². The summed E-state index contributed by atoms with van der Waals surface area (Å²) in [7, 11) is 0. The number of thioether (sulfide) groups is 1. The van der Waals surface area contributed by atoms with E-state index in [-0.39, 0.29) is 12.0 Å². The molecule has 0 radical (unpaired) electrons. The number of nitrogens with zero attached hydrogens (tertiary/aromatic N) is 2. The van der Waals surface area contributed by atoms with Crippen LogP contribution >= 0.6 is 34.4 Å². The Kier molecular flexibility index (Phi) is 5.08. The minimum atomic E-state index is 0.00950. The summed E-state index contributed by atoms with van der Waals surface area (Å²) in [5, 5.41) is 2.69. The van der Waals surface area contributed by atoms with Gasteiger partial charge in [0.15, 0.2) is 5.13 Å². The van der Waals surface area contributed by atoms with Crippen LogP contribution in [0.5, 0.6) is 0 Å². The highest BCUT2D eigenvalue weighted by molar-refractivity contribution is 7.98. The molecule has 4 nitrogen and oxygen atoms in total. The van der Waals surface area contributed by atoms with Crippen LogP contribution in [0, 0.1) is 0 Å². The summed E-state index contributed by atoms with van der Waals surface area (Å²) >= 11 is 4.72. The van der Waals surface area contributed by atoms with Crippen LogP contribution in [-0.2, 0) is 4.74 Å². The Morgan fingerprint density at radius 1 is 1.40 bits per heavy atom. The van der Waals surface area contributed by atoms with E-state index in [0.29, 0.717) is 6.54 Å². The SMILES string of the molecule is CSc1cccc2sc(N(C[C@H]3CCCO3)C(=O)c3cccs3)nc12. The summed E-state index contributed by atoms with van der Waals surface area (Å²) in [6.07, 6.45) is 4.20. The molecule has 0 unspecified atom stereocenters. The molecule has 3 heterocycles. The fourth-order valence-corrected chi connectivity index (χ4v) is 5.27. The second-order valence-corrected chi connectivity index (χ2v) is 8.64. The number of rotatable bonds is 5. The van der Waals surface area contributed by atoms with Gasteiger partial charge in [-0.1, -0.05) is 23.5 Å². The van der Waals surface area contributed by atoms with E-state index < -0.39 is 0 Å². The highest BCUT2D eigenvalue weighted by atomic mass is 32.2. The topological polar surface area (TPSA) is 42.4 Å². The number of fused-ring (bicyclic) bond motifs is 1. The third-order valence-electron chi connectivity index (χ3n) is 4.21. The smallest absolute Gasteiger partial charge is 0.270 e. The Labute approximate surface area is 158 Å². The molecule has 4 rings (SSSR count). The van der Waals surface area contributed by atoms with Gasteiger partial charge in [0.25, 0.3) is 5.91 Å². The molecule has 0 aliphatic carbocycles. The summed E-state index contributed by atoms with van der Waals surface area (Å²) in [5.74, 6) is 0.00950. The number of thiazole rings is 1. The normalized spacial score (nSPS) is 17.2. The molecule has 130 valence electrons. The molecular weight excluding hydrogens is 372 g/mol. The molecule has 25 heavy (non-hydrogen) atoms. The van der Waals surface area contributed by atoms with Gasteiger partial charge in [-0.25, -0.2) is 4.98 Å². The average molecular weight is 391 g/mol. The van der Waals surface area contributed by atoms with Gasteiger partial charge in [0.2, 0.25) is 0 Å². The predicted octanol–water partition coefficient (Wildman–Crippen LogP) is 4.91. The van der Waals surface area contributed by atoms with Gasteiger partial charge in [-0.2, -0.15) is 0 Å². The van der Waals surface area contributed by atoms with Crippen LogP contribution in [0.4, 0.5) is 5.13 Å². The zero-order valence-corrected chi connectivity index (χ0v) is 16.3. The lowest BCUT2D eigenvalue weighted by atomic mass is 10.2. The van der Waals surface area contributed by atoms with Crippen molar-refractivity contribution in [3.05, 3.63) is 40.6 Å². The van der Waals surface area contributed by atoms with Gasteiger partial charge in [-0.05, 0) is 42.7 Å². The van der Waals surface area contributed by atoms with Gasteiger partial charge in [0.1, 0.15) is 0 Å². The van der Waals surface area contributed by atoms with E-state index in [2.05, 4.69) is 18.4 Å². The first kappa shape index (κ1) is 17.0. The first-order valence-electron chi connectivity index (χ1n) is 8.17. The van der Waals surface area contributed by atoms with Crippen LogP contribution in [0.3, 0.4) is 0 Å². The van der Waals surface area contributed by atoms with Crippen LogP contribution in [0.25, 0.3) is 10.2 Å². The van der Waals surface area contributed by atoms with Crippen molar-refractivity contribution in [2.75, 3.05) is 24.3 Å². The summed E-state index contributed by atoms with van der Waals surface area (Å²) in [6, 6.07) is 9.96. The number of anilines is 1. The summed E-state index contributed by atoms with van der Waals surface area (Å²) in [4.78, 5) is 21.6. The zero-order chi connectivity index (χ0) is 17.2. The molecule has 0 spiro atoms. The number of thiophene rings is 1. The molecule has 7 heteroatoms. The molecule has 1 fully saturated rings. The molecule has 1 amide bonds. The van der Waals surface area contributed by atoms with Crippen LogP contribution in [0.15, 0.2) is 40.6 Å². The Bertz CT molecular complexity index is 870. The van der Waals surface area contributed by atoms with E-state index in [0.717, 1.165) is 44.6 Å². The van der Waals surface area contributed by atoms with Crippen molar-refractivity contribution < 1.29 is 9.53 Å². The molecule has 0 bridgehead atoms. The second kappa shape index (κ2) is 7.45. The number of carbonyl (C=O) groups excluding carboxylic acids is 1. The van der Waals surface area contributed by atoms with Gasteiger partial charge in [0.05, 0.1) is 27.7 Å². The van der Waals surface area contributed by atoms with Gasteiger partial charge in [-0.3, -0.25) is 9.69 Å². The number of carbonyl (C=O) groups is 1. The first-order chi connectivity index (χ1) is 12.3. The molecule has 0 saturated carbocycles. The van der Waals surface area contributed by atoms with E-state index in [9.17, 15) is 4.79 Å². The monoisotopic (exact) mass is 390 g/mol. The lowest BCUT2D eigenvalue weighted by molar-refractivity contribution is 0.0920. The third kappa shape index (κ3) is 3.46. The second-order valence-electron chi connectivity index (χ2n) is 5.83. The molecule has 1 aliphatic rings. The lowest BCUT2D eigenvalue weighted by Gasteiger charge is -2.22. The summed E-state index contributed by atoms with van der Waals surface area (Å²) < 4.78 is 6.88. The van der Waals surface area contributed by atoms with Gasteiger partial charge in [-0.15, -0.1) is 23.1 Å². The Hall–Kier alpha value is -1.41. The minimum absolute atomic E-state index is 0.00950. The molecule has 1 aliphatic heterocycles. The maximum atomic E-state index is 13.1. The lowest BCUT2D eigenvalue weighted by Crippen LogP contribution is -2.37. The Morgan fingerprint density at radius 2 is 2.32 bits per heavy atom. The number of aromatic nitrogens is 1. The zero-order valence-electron chi connectivity index (χ0n) is 13.8. The Balaban J connectivity index is 1.72. The highest BCUT2D eigenvalue weighted by Gasteiger charge is 2.27. The molecule has 1 saturated heterocycles.